The lowest BCUT2D eigenvalue weighted by molar-refractivity contribution is -0.118. The fourth-order valence-corrected chi connectivity index (χ4v) is 2.00. The standard InChI is InChI=1S/C17H18N2O3/c1-11-7-8-12(2)14(9-11)19-16(20)10-22-15-6-4-3-5-13(15)17(18)21/h3-9H,10H2,1-2H3,(H2,18,21)(H,19,20). The molecule has 5 heteroatoms. The molecule has 2 aromatic carbocycles. The Morgan fingerprint density at radius 2 is 1.86 bits per heavy atom. The van der Waals surface area contributed by atoms with Crippen molar-refractivity contribution in [2.45, 2.75) is 13.8 Å². The molecule has 0 atom stereocenters. The highest BCUT2D eigenvalue weighted by Gasteiger charge is 2.11. The summed E-state index contributed by atoms with van der Waals surface area (Å²) in [5.74, 6) is -0.593. The zero-order valence-corrected chi connectivity index (χ0v) is 12.6. The Kier molecular flexibility index (Phi) is 4.78. The van der Waals surface area contributed by atoms with E-state index in [2.05, 4.69) is 5.32 Å². The van der Waals surface area contributed by atoms with E-state index in [1.165, 1.54) is 0 Å². The van der Waals surface area contributed by atoms with E-state index in [0.29, 0.717) is 5.75 Å². The van der Waals surface area contributed by atoms with Gasteiger partial charge in [0.25, 0.3) is 11.8 Å². The maximum absolute atomic E-state index is 12.0. The molecule has 3 N–H and O–H groups in total. The van der Waals surface area contributed by atoms with Gasteiger partial charge in [0.15, 0.2) is 6.61 Å². The summed E-state index contributed by atoms with van der Waals surface area (Å²) < 4.78 is 5.39. The van der Waals surface area contributed by atoms with Gasteiger partial charge in [-0.2, -0.15) is 0 Å². The second-order valence-electron chi connectivity index (χ2n) is 5.02. The van der Waals surface area contributed by atoms with Crippen LogP contribution in [0.15, 0.2) is 42.5 Å². The Hall–Kier alpha value is -2.82. The van der Waals surface area contributed by atoms with E-state index in [1.807, 2.05) is 32.0 Å². The van der Waals surface area contributed by atoms with Crippen LogP contribution in [-0.4, -0.2) is 18.4 Å². The molecule has 0 aliphatic heterocycles. The molecule has 2 aromatic rings. The Labute approximate surface area is 129 Å². The van der Waals surface area contributed by atoms with Gasteiger partial charge in [0.1, 0.15) is 5.75 Å². The van der Waals surface area contributed by atoms with Crippen molar-refractivity contribution in [3.63, 3.8) is 0 Å². The van der Waals surface area contributed by atoms with Crippen molar-refractivity contribution in [1.82, 2.24) is 0 Å². The minimum atomic E-state index is -0.592. The molecule has 22 heavy (non-hydrogen) atoms. The largest absolute Gasteiger partial charge is 0.483 e. The molecule has 0 aliphatic carbocycles. The summed E-state index contributed by atoms with van der Waals surface area (Å²) >= 11 is 0. The second kappa shape index (κ2) is 6.76. The average Bonchev–Trinajstić information content (AvgIpc) is 2.49. The van der Waals surface area contributed by atoms with Crippen LogP contribution in [0.2, 0.25) is 0 Å². The molecule has 0 aliphatic rings. The zero-order valence-electron chi connectivity index (χ0n) is 12.6. The van der Waals surface area contributed by atoms with Gasteiger partial charge in [-0.1, -0.05) is 24.3 Å². The number of carbonyl (C=O) groups excluding carboxylic acids is 2. The lowest BCUT2D eigenvalue weighted by Gasteiger charge is -2.11. The third-order valence-electron chi connectivity index (χ3n) is 3.18. The summed E-state index contributed by atoms with van der Waals surface area (Å²) in [6, 6.07) is 12.4. The number of rotatable bonds is 5. The number of amides is 2. The molecule has 5 nitrogen and oxygen atoms in total. The molecular weight excluding hydrogens is 280 g/mol. The van der Waals surface area contributed by atoms with E-state index >= 15 is 0 Å². The fourth-order valence-electron chi connectivity index (χ4n) is 2.00. The van der Waals surface area contributed by atoms with Crippen molar-refractivity contribution < 1.29 is 14.3 Å². The summed E-state index contributed by atoms with van der Waals surface area (Å²) in [5.41, 5.74) is 8.29. The lowest BCUT2D eigenvalue weighted by Crippen LogP contribution is -2.22. The fraction of sp³-hybridized carbons (Fsp3) is 0.176. The minimum absolute atomic E-state index is 0.197. The number of aryl methyl sites for hydroxylation is 2. The average molecular weight is 298 g/mol. The Balaban J connectivity index is 2.02. The lowest BCUT2D eigenvalue weighted by atomic mass is 10.1. The Morgan fingerprint density at radius 1 is 1.14 bits per heavy atom. The molecule has 0 unspecified atom stereocenters. The van der Waals surface area contributed by atoms with Crippen LogP contribution in [0.5, 0.6) is 5.75 Å². The SMILES string of the molecule is Cc1ccc(C)c(NC(=O)COc2ccccc2C(N)=O)c1. The van der Waals surface area contributed by atoms with Crippen LogP contribution in [-0.2, 0) is 4.79 Å². The van der Waals surface area contributed by atoms with Crippen molar-refractivity contribution in [3.05, 3.63) is 59.2 Å². The number of hydrogen-bond acceptors (Lipinski definition) is 3. The number of nitrogens with two attached hydrogens (primary N) is 1. The predicted octanol–water partition coefficient (Wildman–Crippen LogP) is 2.42. The normalized spacial score (nSPS) is 10.1. The first-order valence-corrected chi connectivity index (χ1v) is 6.86. The van der Waals surface area contributed by atoms with Gasteiger partial charge >= 0.3 is 0 Å². The smallest absolute Gasteiger partial charge is 0.262 e. The van der Waals surface area contributed by atoms with Gasteiger partial charge < -0.3 is 15.8 Å². The van der Waals surface area contributed by atoms with Crippen LogP contribution in [0.25, 0.3) is 0 Å². The third-order valence-corrected chi connectivity index (χ3v) is 3.18. The van der Waals surface area contributed by atoms with Crippen molar-refractivity contribution in [2.75, 3.05) is 11.9 Å². The molecular formula is C17H18N2O3. The summed E-state index contributed by atoms with van der Waals surface area (Å²) in [4.78, 5) is 23.3. The molecule has 0 radical (unpaired) electrons. The molecule has 0 saturated carbocycles. The van der Waals surface area contributed by atoms with E-state index in [0.717, 1.165) is 16.8 Å². The molecule has 2 amide bonds. The molecule has 0 bridgehead atoms. The van der Waals surface area contributed by atoms with Gasteiger partial charge in [0.2, 0.25) is 0 Å². The molecule has 0 aromatic heterocycles. The molecule has 0 spiro atoms. The van der Waals surface area contributed by atoms with Gasteiger partial charge in [0, 0.05) is 5.69 Å². The van der Waals surface area contributed by atoms with Gasteiger partial charge in [-0.15, -0.1) is 0 Å². The number of anilines is 1. The number of ether oxygens (including phenoxy) is 1. The summed E-state index contributed by atoms with van der Waals surface area (Å²) in [6.45, 7) is 3.67. The van der Waals surface area contributed by atoms with E-state index in [-0.39, 0.29) is 18.1 Å². The van der Waals surface area contributed by atoms with Crippen LogP contribution >= 0.6 is 0 Å². The first-order chi connectivity index (χ1) is 10.5. The highest BCUT2D eigenvalue weighted by molar-refractivity contribution is 5.96. The summed E-state index contributed by atoms with van der Waals surface area (Å²) in [6.07, 6.45) is 0. The summed E-state index contributed by atoms with van der Waals surface area (Å²) in [7, 11) is 0. The first-order valence-electron chi connectivity index (χ1n) is 6.86. The molecule has 2 rings (SSSR count). The highest BCUT2D eigenvalue weighted by atomic mass is 16.5. The van der Waals surface area contributed by atoms with Crippen LogP contribution < -0.4 is 15.8 Å². The first kappa shape index (κ1) is 15.6. The number of carbonyl (C=O) groups is 2. The van der Waals surface area contributed by atoms with E-state index in [4.69, 9.17) is 10.5 Å². The molecule has 114 valence electrons. The van der Waals surface area contributed by atoms with Gasteiger partial charge in [-0.25, -0.2) is 0 Å². The predicted molar refractivity (Wildman–Crippen MR) is 85.0 cm³/mol. The van der Waals surface area contributed by atoms with Crippen molar-refractivity contribution in [3.8, 4) is 5.75 Å². The second-order valence-corrected chi connectivity index (χ2v) is 5.02. The van der Waals surface area contributed by atoms with E-state index in [1.54, 1.807) is 24.3 Å². The van der Waals surface area contributed by atoms with E-state index < -0.39 is 5.91 Å². The van der Waals surface area contributed by atoms with Gasteiger partial charge in [0.05, 0.1) is 5.56 Å². The van der Waals surface area contributed by atoms with Crippen LogP contribution in [0.3, 0.4) is 0 Å². The maximum Gasteiger partial charge on any atom is 0.262 e. The maximum atomic E-state index is 12.0. The van der Waals surface area contributed by atoms with Crippen molar-refractivity contribution >= 4 is 17.5 Å². The van der Waals surface area contributed by atoms with Crippen LogP contribution in [0.1, 0.15) is 21.5 Å². The number of hydrogen-bond donors (Lipinski definition) is 2. The zero-order chi connectivity index (χ0) is 16.1. The number of nitrogens with one attached hydrogen (secondary N) is 1. The van der Waals surface area contributed by atoms with Gasteiger partial charge in [-0.05, 0) is 43.2 Å². The number of benzene rings is 2. The molecule has 0 heterocycles. The molecule has 0 saturated heterocycles. The highest BCUT2D eigenvalue weighted by Crippen LogP contribution is 2.18. The quantitative estimate of drug-likeness (QED) is 0.889. The Bertz CT molecular complexity index is 711. The summed E-state index contributed by atoms with van der Waals surface area (Å²) in [5, 5.41) is 2.79. The number of primary amides is 1. The monoisotopic (exact) mass is 298 g/mol. The minimum Gasteiger partial charge on any atom is -0.483 e. The number of para-hydroxylation sites is 1. The van der Waals surface area contributed by atoms with E-state index in [9.17, 15) is 9.59 Å². The topological polar surface area (TPSA) is 81.4 Å². The van der Waals surface area contributed by atoms with Crippen LogP contribution in [0.4, 0.5) is 5.69 Å². The van der Waals surface area contributed by atoms with Gasteiger partial charge in [-0.3, -0.25) is 9.59 Å². The van der Waals surface area contributed by atoms with Crippen molar-refractivity contribution in [2.24, 2.45) is 5.73 Å². The van der Waals surface area contributed by atoms with Crippen LogP contribution in [0, 0.1) is 13.8 Å². The van der Waals surface area contributed by atoms with Crippen molar-refractivity contribution in [1.29, 1.82) is 0 Å². The Morgan fingerprint density at radius 3 is 2.59 bits per heavy atom. The molecule has 0 fully saturated rings. The third kappa shape index (κ3) is 3.85.